The molecule has 8 nitrogen and oxygen atoms in total. The predicted octanol–water partition coefficient (Wildman–Crippen LogP) is 1.80. The maximum Gasteiger partial charge on any atom is 0.268 e. The van der Waals surface area contributed by atoms with E-state index >= 15 is 0 Å². The van der Waals surface area contributed by atoms with Crippen LogP contribution in [-0.4, -0.2) is 30.5 Å². The van der Waals surface area contributed by atoms with Crippen molar-refractivity contribution in [3.63, 3.8) is 0 Å². The van der Waals surface area contributed by atoms with Crippen LogP contribution >= 0.6 is 27.3 Å². The Balaban J connectivity index is 2.29. The minimum Gasteiger partial charge on any atom is -0.304 e. The lowest BCUT2D eigenvalue weighted by molar-refractivity contribution is 0.103. The Morgan fingerprint density at radius 1 is 1.41 bits per heavy atom. The zero-order chi connectivity index (χ0) is 16.3. The van der Waals surface area contributed by atoms with Crippen LogP contribution in [-0.2, 0) is 10.0 Å². The van der Waals surface area contributed by atoms with Crippen molar-refractivity contribution in [2.24, 2.45) is 0 Å². The zero-order valence-corrected chi connectivity index (χ0v) is 14.2. The number of rotatable bonds is 4. The predicted molar refractivity (Wildman–Crippen MR) is 85.2 cm³/mol. The molecule has 0 unspecified atom stereocenters. The number of aromatic nitrogens is 2. The molecule has 0 aliphatic rings. The molecule has 2 rings (SSSR count). The Kier molecular flexibility index (Phi) is 4.74. The van der Waals surface area contributed by atoms with Gasteiger partial charge in [0.15, 0.2) is 10.8 Å². The van der Waals surface area contributed by atoms with Gasteiger partial charge in [0.25, 0.3) is 5.91 Å². The van der Waals surface area contributed by atoms with Gasteiger partial charge in [-0.3, -0.25) is 9.52 Å². The number of anilines is 2. The Morgan fingerprint density at radius 2 is 2.14 bits per heavy atom. The summed E-state index contributed by atoms with van der Waals surface area (Å²) in [5.74, 6) is -0.490. The molecule has 2 N–H and O–H groups in total. The van der Waals surface area contributed by atoms with Gasteiger partial charge in [0.05, 0.1) is 18.1 Å². The fourth-order valence-corrected chi connectivity index (χ4v) is 2.91. The van der Waals surface area contributed by atoms with Gasteiger partial charge >= 0.3 is 0 Å². The molecule has 0 saturated carbocycles. The van der Waals surface area contributed by atoms with Crippen molar-refractivity contribution >= 4 is 54.7 Å². The van der Waals surface area contributed by atoms with Gasteiger partial charge < -0.3 is 5.32 Å². The first-order valence-corrected chi connectivity index (χ1v) is 9.09. The highest BCUT2D eigenvalue weighted by molar-refractivity contribution is 9.10. The first-order valence-electron chi connectivity index (χ1n) is 5.59. The molecule has 2 aromatic heterocycles. The number of halogens is 1. The second kappa shape index (κ2) is 6.39. The minimum atomic E-state index is -3.53. The molecule has 114 valence electrons. The molecule has 2 aromatic rings. The van der Waals surface area contributed by atoms with E-state index in [9.17, 15) is 13.2 Å². The summed E-state index contributed by atoms with van der Waals surface area (Å²) in [7, 11) is -3.53. The van der Waals surface area contributed by atoms with Crippen LogP contribution in [0.25, 0.3) is 0 Å². The Labute approximate surface area is 138 Å². The monoisotopic (exact) mass is 401 g/mol. The number of carbonyl (C=O) groups is 1. The topological polar surface area (TPSA) is 125 Å². The normalized spacial score (nSPS) is 10.8. The van der Waals surface area contributed by atoms with E-state index in [1.54, 1.807) is 0 Å². The van der Waals surface area contributed by atoms with Crippen molar-refractivity contribution in [3.8, 4) is 6.07 Å². The number of thiazole rings is 1. The van der Waals surface area contributed by atoms with Crippen molar-refractivity contribution in [1.82, 2.24) is 9.97 Å². The van der Waals surface area contributed by atoms with Crippen LogP contribution < -0.4 is 10.0 Å². The van der Waals surface area contributed by atoms with E-state index in [1.807, 2.05) is 6.07 Å². The number of carbonyl (C=O) groups excluding carboxylic acids is 1. The fourth-order valence-electron chi connectivity index (χ4n) is 1.42. The highest BCUT2D eigenvalue weighted by Crippen LogP contribution is 2.25. The summed E-state index contributed by atoms with van der Waals surface area (Å²) < 4.78 is 25.5. The Morgan fingerprint density at radius 3 is 2.73 bits per heavy atom. The van der Waals surface area contributed by atoms with Gasteiger partial charge in [-0.25, -0.2) is 18.4 Å². The molecule has 0 atom stereocenters. The number of amides is 1. The van der Waals surface area contributed by atoms with E-state index in [4.69, 9.17) is 5.26 Å². The van der Waals surface area contributed by atoms with E-state index in [2.05, 4.69) is 35.9 Å². The molecule has 0 aromatic carbocycles. The van der Waals surface area contributed by atoms with Gasteiger partial charge in [0.1, 0.15) is 10.9 Å². The zero-order valence-electron chi connectivity index (χ0n) is 11.0. The first kappa shape index (κ1) is 16.3. The molecule has 0 radical (unpaired) electrons. The molecule has 2 heterocycles. The minimum absolute atomic E-state index is 0.0468. The highest BCUT2D eigenvalue weighted by Gasteiger charge is 2.15. The van der Waals surface area contributed by atoms with Crippen molar-refractivity contribution < 1.29 is 13.2 Å². The number of hydrogen-bond donors (Lipinski definition) is 2. The maximum absolute atomic E-state index is 12.1. The summed E-state index contributed by atoms with van der Waals surface area (Å²) in [5, 5.41) is 11.3. The molecule has 1 amide bonds. The molecule has 0 aliphatic carbocycles. The summed E-state index contributed by atoms with van der Waals surface area (Å²) >= 11 is 4.10. The number of pyridine rings is 1. The lowest BCUT2D eigenvalue weighted by Crippen LogP contribution is -2.16. The van der Waals surface area contributed by atoms with Crippen LogP contribution in [0.5, 0.6) is 0 Å². The SMILES string of the molecule is CS(=O)(=O)Nc1cc(Br)cnc1NC(=O)c1cnc(C#N)s1. The standard InChI is InChI=1S/C11H8BrN5O3S2/c1-22(19,20)17-7-2-6(12)4-15-10(7)16-11(18)8-5-14-9(3-13)21-8/h2,4-5,17H,1H3,(H,15,16,18). The summed E-state index contributed by atoms with van der Waals surface area (Å²) in [6.07, 6.45) is 3.67. The van der Waals surface area contributed by atoms with Gasteiger partial charge in [-0.15, -0.1) is 0 Å². The first-order chi connectivity index (χ1) is 10.3. The summed E-state index contributed by atoms with van der Waals surface area (Å²) in [4.78, 5) is 20.0. The molecule has 11 heteroatoms. The summed E-state index contributed by atoms with van der Waals surface area (Å²) in [5.41, 5.74) is 0.121. The second-order valence-electron chi connectivity index (χ2n) is 4.02. The van der Waals surface area contributed by atoms with E-state index in [1.165, 1.54) is 18.5 Å². The third kappa shape index (κ3) is 4.23. The molecular formula is C11H8BrN5O3S2. The smallest absolute Gasteiger partial charge is 0.268 e. The van der Waals surface area contributed by atoms with Gasteiger partial charge in [-0.1, -0.05) is 11.3 Å². The lowest BCUT2D eigenvalue weighted by atomic mass is 10.4. The average molecular weight is 402 g/mol. The van der Waals surface area contributed by atoms with Crippen LogP contribution in [0.3, 0.4) is 0 Å². The molecular weight excluding hydrogens is 394 g/mol. The molecule has 0 spiro atoms. The largest absolute Gasteiger partial charge is 0.304 e. The van der Waals surface area contributed by atoms with Gasteiger partial charge in [-0.05, 0) is 22.0 Å². The quantitative estimate of drug-likeness (QED) is 0.804. The van der Waals surface area contributed by atoms with E-state index in [-0.39, 0.29) is 21.4 Å². The number of nitrogens with zero attached hydrogens (tertiary/aromatic N) is 3. The number of nitrogens with one attached hydrogen (secondary N) is 2. The van der Waals surface area contributed by atoms with Crippen molar-refractivity contribution in [1.29, 1.82) is 5.26 Å². The van der Waals surface area contributed by atoms with Gasteiger partial charge in [0.2, 0.25) is 10.0 Å². The summed E-state index contributed by atoms with van der Waals surface area (Å²) in [6, 6.07) is 3.30. The van der Waals surface area contributed by atoms with Crippen LogP contribution in [0.1, 0.15) is 14.7 Å². The van der Waals surface area contributed by atoms with Crippen LogP contribution in [0.15, 0.2) is 22.9 Å². The molecule has 22 heavy (non-hydrogen) atoms. The van der Waals surface area contributed by atoms with Gasteiger partial charge in [0, 0.05) is 10.7 Å². The number of nitriles is 1. The fraction of sp³-hybridized carbons (Fsp3) is 0.0909. The number of hydrogen-bond acceptors (Lipinski definition) is 7. The number of sulfonamides is 1. The maximum atomic E-state index is 12.1. The van der Waals surface area contributed by atoms with Gasteiger partial charge in [-0.2, -0.15) is 5.26 Å². The van der Waals surface area contributed by atoms with Crippen molar-refractivity contribution in [2.45, 2.75) is 0 Å². The molecule has 0 saturated heterocycles. The third-order valence-corrected chi connectivity index (χ3v) is 4.13. The third-order valence-electron chi connectivity index (χ3n) is 2.21. The van der Waals surface area contributed by atoms with Crippen LogP contribution in [0, 0.1) is 11.3 Å². The summed E-state index contributed by atoms with van der Waals surface area (Å²) in [6.45, 7) is 0. The Bertz CT molecular complexity index is 872. The second-order valence-corrected chi connectivity index (χ2v) is 7.71. The van der Waals surface area contributed by atoms with Crippen molar-refractivity contribution in [2.75, 3.05) is 16.3 Å². The highest BCUT2D eigenvalue weighted by atomic mass is 79.9. The van der Waals surface area contributed by atoms with E-state index < -0.39 is 15.9 Å². The molecule has 0 fully saturated rings. The van der Waals surface area contributed by atoms with E-state index in [0.29, 0.717) is 4.47 Å². The van der Waals surface area contributed by atoms with E-state index in [0.717, 1.165) is 17.6 Å². The van der Waals surface area contributed by atoms with Crippen LogP contribution in [0.4, 0.5) is 11.5 Å². The Hall–Kier alpha value is -2.03. The van der Waals surface area contributed by atoms with Crippen molar-refractivity contribution in [3.05, 3.63) is 32.8 Å². The molecule has 0 aliphatic heterocycles. The van der Waals surface area contributed by atoms with Crippen LogP contribution in [0.2, 0.25) is 0 Å². The lowest BCUT2D eigenvalue weighted by Gasteiger charge is -2.10. The molecule has 0 bridgehead atoms. The average Bonchev–Trinajstić information content (AvgIpc) is 2.89.